The van der Waals surface area contributed by atoms with E-state index < -0.39 is 0 Å². The van der Waals surface area contributed by atoms with Crippen molar-refractivity contribution in [2.45, 2.75) is 76.9 Å². The summed E-state index contributed by atoms with van der Waals surface area (Å²) in [5.41, 5.74) is 0.604. The van der Waals surface area contributed by atoms with Crippen LogP contribution in [0.3, 0.4) is 0 Å². The van der Waals surface area contributed by atoms with Gasteiger partial charge in [0.15, 0.2) is 0 Å². The Morgan fingerprint density at radius 2 is 1.82 bits per heavy atom. The van der Waals surface area contributed by atoms with Crippen molar-refractivity contribution in [1.82, 2.24) is 0 Å². The largest absolute Gasteiger partial charge is 0.374 e. The number of rotatable bonds is 3. The van der Waals surface area contributed by atoms with Crippen molar-refractivity contribution in [2.24, 2.45) is 23.2 Å². The van der Waals surface area contributed by atoms with Crippen molar-refractivity contribution >= 4 is 0 Å². The predicted molar refractivity (Wildman–Crippen MR) is 68.8 cm³/mol. The smallest absolute Gasteiger partial charge is 0.0609 e. The van der Waals surface area contributed by atoms with Crippen LogP contribution < -0.4 is 0 Å². The van der Waals surface area contributed by atoms with Gasteiger partial charge in [-0.15, -0.1) is 0 Å². The first-order valence-corrected chi connectivity index (χ1v) is 7.91. The predicted octanol–water partition coefficient (Wildman–Crippen LogP) is 4.16. The summed E-state index contributed by atoms with van der Waals surface area (Å²) < 4.78 is 6.55. The SMILES string of the molecule is CC(OC1CC2CCC1C2)C12CCC(CC1)C2. The van der Waals surface area contributed by atoms with Crippen LogP contribution in [0.4, 0.5) is 0 Å². The molecule has 0 heterocycles. The lowest BCUT2D eigenvalue weighted by Crippen LogP contribution is -2.36. The van der Waals surface area contributed by atoms with Crippen molar-refractivity contribution in [2.75, 3.05) is 0 Å². The molecule has 0 N–H and O–H groups in total. The second-order valence-corrected chi connectivity index (χ2v) is 7.50. The lowest BCUT2D eigenvalue weighted by Gasteiger charge is -2.37. The molecule has 1 heteroatoms. The fourth-order valence-corrected chi connectivity index (χ4v) is 5.57. The van der Waals surface area contributed by atoms with Crippen LogP contribution in [0.15, 0.2) is 0 Å². The third kappa shape index (κ3) is 1.61. The number of ether oxygens (including phenoxy) is 1. The van der Waals surface area contributed by atoms with Gasteiger partial charge in [0.25, 0.3) is 0 Å². The van der Waals surface area contributed by atoms with Crippen molar-refractivity contribution in [3.63, 3.8) is 0 Å². The van der Waals surface area contributed by atoms with E-state index in [0.717, 1.165) is 17.8 Å². The Labute approximate surface area is 105 Å². The van der Waals surface area contributed by atoms with Gasteiger partial charge in [-0.05, 0) is 87.9 Å². The fourth-order valence-electron chi connectivity index (χ4n) is 5.57. The lowest BCUT2D eigenvalue weighted by atomic mass is 9.79. The molecule has 0 saturated heterocycles. The number of hydrogen-bond donors (Lipinski definition) is 0. The van der Waals surface area contributed by atoms with Crippen LogP contribution in [0.1, 0.15) is 64.7 Å². The standard InChI is InChI=1S/C16H26O/c1-11(16-6-4-12(10-16)5-7-16)17-15-9-13-2-3-14(15)8-13/h11-15H,2-10H2,1H3. The summed E-state index contributed by atoms with van der Waals surface area (Å²) in [6.45, 7) is 2.39. The zero-order valence-corrected chi connectivity index (χ0v) is 11.2. The van der Waals surface area contributed by atoms with Crippen LogP contribution in [0, 0.1) is 23.2 Å². The summed E-state index contributed by atoms with van der Waals surface area (Å²) >= 11 is 0. The minimum atomic E-state index is 0.541. The van der Waals surface area contributed by atoms with Crippen molar-refractivity contribution in [1.29, 1.82) is 0 Å². The summed E-state index contributed by atoms with van der Waals surface area (Å²) in [5.74, 6) is 3.01. The molecule has 4 aliphatic rings. The highest BCUT2D eigenvalue weighted by atomic mass is 16.5. The molecule has 4 unspecified atom stereocenters. The van der Waals surface area contributed by atoms with E-state index >= 15 is 0 Å². The second kappa shape index (κ2) is 3.73. The molecule has 17 heavy (non-hydrogen) atoms. The van der Waals surface area contributed by atoms with E-state index in [4.69, 9.17) is 4.74 Å². The molecule has 0 aliphatic heterocycles. The maximum atomic E-state index is 6.55. The molecule has 0 aromatic carbocycles. The Hall–Kier alpha value is -0.0400. The van der Waals surface area contributed by atoms with Crippen LogP contribution in [0.25, 0.3) is 0 Å². The molecule has 4 atom stereocenters. The van der Waals surface area contributed by atoms with E-state index in [2.05, 4.69) is 6.92 Å². The number of hydrogen-bond acceptors (Lipinski definition) is 1. The zero-order chi connectivity index (χ0) is 11.5. The van der Waals surface area contributed by atoms with E-state index in [1.165, 1.54) is 57.8 Å². The molecule has 0 spiro atoms. The van der Waals surface area contributed by atoms with Crippen LogP contribution in [-0.2, 0) is 4.74 Å². The van der Waals surface area contributed by atoms with Gasteiger partial charge in [0.05, 0.1) is 12.2 Å². The van der Waals surface area contributed by atoms with Gasteiger partial charge in [0.1, 0.15) is 0 Å². The highest BCUT2D eigenvalue weighted by Gasteiger charge is 2.50. The molecule has 96 valence electrons. The van der Waals surface area contributed by atoms with E-state index in [0.29, 0.717) is 17.6 Å². The van der Waals surface area contributed by atoms with Gasteiger partial charge in [0.2, 0.25) is 0 Å². The quantitative estimate of drug-likeness (QED) is 0.712. The molecule has 4 fully saturated rings. The van der Waals surface area contributed by atoms with Gasteiger partial charge >= 0.3 is 0 Å². The first kappa shape index (κ1) is 10.8. The summed E-state index contributed by atoms with van der Waals surface area (Å²) in [5, 5.41) is 0. The molecular formula is C16H26O. The first-order chi connectivity index (χ1) is 8.25. The highest BCUT2D eigenvalue weighted by Crippen LogP contribution is 2.57. The molecular weight excluding hydrogens is 208 g/mol. The van der Waals surface area contributed by atoms with Gasteiger partial charge in [-0.25, -0.2) is 0 Å². The van der Waals surface area contributed by atoms with Crippen molar-refractivity contribution in [3.8, 4) is 0 Å². The molecule has 4 aliphatic carbocycles. The maximum Gasteiger partial charge on any atom is 0.0609 e. The molecule has 0 amide bonds. The van der Waals surface area contributed by atoms with Gasteiger partial charge < -0.3 is 4.74 Å². The molecule has 4 saturated carbocycles. The third-order valence-electron chi connectivity index (χ3n) is 6.71. The van der Waals surface area contributed by atoms with Crippen molar-refractivity contribution in [3.05, 3.63) is 0 Å². The zero-order valence-electron chi connectivity index (χ0n) is 11.2. The van der Waals surface area contributed by atoms with Gasteiger partial charge in [-0.2, -0.15) is 0 Å². The monoisotopic (exact) mass is 234 g/mol. The molecule has 0 radical (unpaired) electrons. The number of fused-ring (bicyclic) bond motifs is 4. The Bertz CT molecular complexity index is 303. The Kier molecular flexibility index (Phi) is 2.38. The van der Waals surface area contributed by atoms with Crippen molar-refractivity contribution < 1.29 is 4.74 Å². The average Bonchev–Trinajstić information content (AvgIpc) is 3.09. The summed E-state index contributed by atoms with van der Waals surface area (Å²) in [6, 6.07) is 0. The molecule has 4 bridgehead atoms. The second-order valence-electron chi connectivity index (χ2n) is 7.50. The van der Waals surface area contributed by atoms with Gasteiger partial charge in [0, 0.05) is 0 Å². The van der Waals surface area contributed by atoms with Crippen LogP contribution in [-0.4, -0.2) is 12.2 Å². The fraction of sp³-hybridized carbons (Fsp3) is 1.00. The minimum absolute atomic E-state index is 0.541. The molecule has 0 aromatic rings. The minimum Gasteiger partial charge on any atom is -0.374 e. The highest BCUT2D eigenvalue weighted by molar-refractivity contribution is 5.00. The normalized spacial score (nSPS) is 53.5. The van der Waals surface area contributed by atoms with E-state index in [9.17, 15) is 0 Å². The van der Waals surface area contributed by atoms with Gasteiger partial charge in [-0.3, -0.25) is 0 Å². The maximum absolute atomic E-state index is 6.55. The molecule has 1 nitrogen and oxygen atoms in total. The summed E-state index contributed by atoms with van der Waals surface area (Å²) in [7, 11) is 0. The Morgan fingerprint density at radius 3 is 2.35 bits per heavy atom. The van der Waals surface area contributed by atoms with E-state index in [-0.39, 0.29) is 0 Å². The van der Waals surface area contributed by atoms with E-state index in [1.54, 1.807) is 0 Å². The first-order valence-electron chi connectivity index (χ1n) is 7.91. The van der Waals surface area contributed by atoms with Crippen LogP contribution in [0.2, 0.25) is 0 Å². The molecule has 0 aromatic heterocycles. The third-order valence-corrected chi connectivity index (χ3v) is 6.71. The van der Waals surface area contributed by atoms with Gasteiger partial charge in [-0.1, -0.05) is 0 Å². The van der Waals surface area contributed by atoms with E-state index in [1.807, 2.05) is 0 Å². The Balaban J connectivity index is 1.42. The Morgan fingerprint density at radius 1 is 1.00 bits per heavy atom. The lowest BCUT2D eigenvalue weighted by molar-refractivity contribution is -0.0891. The van der Waals surface area contributed by atoms with Crippen LogP contribution in [0.5, 0.6) is 0 Å². The molecule has 4 rings (SSSR count). The summed E-state index contributed by atoms with van der Waals surface area (Å²) in [4.78, 5) is 0. The average molecular weight is 234 g/mol. The van der Waals surface area contributed by atoms with Crippen LogP contribution >= 0.6 is 0 Å². The summed E-state index contributed by atoms with van der Waals surface area (Å²) in [6.07, 6.45) is 14.4. The topological polar surface area (TPSA) is 9.23 Å².